The van der Waals surface area contributed by atoms with Crippen LogP contribution in [0.25, 0.3) is 0 Å². The van der Waals surface area contributed by atoms with Gasteiger partial charge < -0.3 is 9.64 Å². The van der Waals surface area contributed by atoms with Crippen molar-refractivity contribution in [1.29, 1.82) is 0 Å². The zero-order valence-electron chi connectivity index (χ0n) is 12.8. The molecular weight excluding hydrogens is 294 g/mol. The number of benzene rings is 1. The molecule has 0 aliphatic carbocycles. The lowest BCUT2D eigenvalue weighted by molar-refractivity contribution is -0.139. The maximum absolute atomic E-state index is 12.5. The van der Waals surface area contributed by atoms with E-state index in [1.54, 1.807) is 0 Å². The molecule has 22 heavy (non-hydrogen) atoms. The molecule has 1 aromatic carbocycles. The molecule has 4 heteroatoms. The van der Waals surface area contributed by atoms with E-state index in [2.05, 4.69) is 17.5 Å². The van der Waals surface area contributed by atoms with Gasteiger partial charge in [0.2, 0.25) is 0 Å². The highest BCUT2D eigenvalue weighted by Crippen LogP contribution is 2.31. The maximum atomic E-state index is 12.5. The second-order valence-corrected chi connectivity index (χ2v) is 6.67. The van der Waals surface area contributed by atoms with Crippen LogP contribution in [0.5, 0.6) is 5.75 Å². The number of rotatable bonds is 4. The highest BCUT2D eigenvalue weighted by atomic mass is 32.1. The minimum atomic E-state index is -0.430. The topological polar surface area (TPSA) is 29.5 Å². The van der Waals surface area contributed by atoms with E-state index in [9.17, 15) is 4.79 Å². The number of para-hydroxylation sites is 1. The van der Waals surface area contributed by atoms with Crippen LogP contribution < -0.4 is 4.74 Å². The first kappa shape index (κ1) is 15.1. The summed E-state index contributed by atoms with van der Waals surface area (Å²) in [7, 11) is 0. The molecule has 2 aromatic rings. The number of nitrogens with zero attached hydrogens (tertiary/aromatic N) is 1. The molecule has 1 aliphatic heterocycles. The average molecular weight is 315 g/mol. The molecule has 0 radical (unpaired) electrons. The third-order valence-electron chi connectivity index (χ3n) is 4.16. The van der Waals surface area contributed by atoms with Crippen molar-refractivity contribution >= 4 is 17.2 Å². The minimum Gasteiger partial charge on any atom is -0.481 e. The van der Waals surface area contributed by atoms with E-state index in [4.69, 9.17) is 4.74 Å². The van der Waals surface area contributed by atoms with Gasteiger partial charge in [-0.1, -0.05) is 24.3 Å². The van der Waals surface area contributed by atoms with Gasteiger partial charge in [-0.25, -0.2) is 0 Å². The summed E-state index contributed by atoms with van der Waals surface area (Å²) >= 11 is 1.82. The number of ether oxygens (including phenoxy) is 1. The van der Waals surface area contributed by atoms with Crippen molar-refractivity contribution in [3.63, 3.8) is 0 Å². The summed E-state index contributed by atoms with van der Waals surface area (Å²) in [5.41, 5.74) is 0. The molecule has 1 aliphatic rings. The van der Waals surface area contributed by atoms with Crippen LogP contribution in [0.15, 0.2) is 47.8 Å². The third-order valence-corrected chi connectivity index (χ3v) is 5.19. The van der Waals surface area contributed by atoms with Crippen molar-refractivity contribution in [2.24, 2.45) is 0 Å². The smallest absolute Gasteiger partial charge is 0.263 e. The van der Waals surface area contributed by atoms with Crippen LogP contribution in [0.1, 0.15) is 30.6 Å². The first-order valence-electron chi connectivity index (χ1n) is 7.78. The third kappa shape index (κ3) is 3.50. The number of piperidine rings is 1. The molecule has 1 amide bonds. The van der Waals surface area contributed by atoms with Gasteiger partial charge in [0.1, 0.15) is 5.75 Å². The Morgan fingerprint density at radius 2 is 1.91 bits per heavy atom. The Bertz CT molecular complexity index is 589. The second kappa shape index (κ2) is 6.97. The van der Waals surface area contributed by atoms with Crippen LogP contribution in [0.3, 0.4) is 0 Å². The first-order chi connectivity index (χ1) is 10.7. The molecule has 1 saturated heterocycles. The predicted octanol–water partition coefficient (Wildman–Crippen LogP) is 3.92. The Morgan fingerprint density at radius 1 is 1.18 bits per heavy atom. The Morgan fingerprint density at radius 3 is 2.55 bits per heavy atom. The number of hydrogen-bond acceptors (Lipinski definition) is 3. The number of likely N-dealkylation sites (tertiary alicyclic amines) is 1. The monoisotopic (exact) mass is 315 g/mol. The van der Waals surface area contributed by atoms with Crippen molar-refractivity contribution in [1.82, 2.24) is 4.90 Å². The lowest BCUT2D eigenvalue weighted by Crippen LogP contribution is -2.44. The number of carbonyl (C=O) groups excluding carboxylic acids is 1. The molecule has 0 saturated carbocycles. The molecule has 1 fully saturated rings. The molecule has 116 valence electrons. The zero-order valence-corrected chi connectivity index (χ0v) is 13.6. The van der Waals surface area contributed by atoms with Crippen LogP contribution in [-0.2, 0) is 4.79 Å². The lowest BCUT2D eigenvalue weighted by atomic mass is 9.95. The van der Waals surface area contributed by atoms with Gasteiger partial charge in [-0.05, 0) is 49.3 Å². The highest BCUT2D eigenvalue weighted by molar-refractivity contribution is 7.10. The summed E-state index contributed by atoms with van der Waals surface area (Å²) in [5, 5.41) is 2.13. The summed E-state index contributed by atoms with van der Waals surface area (Å²) in [6.07, 6.45) is 1.66. The predicted molar refractivity (Wildman–Crippen MR) is 89.4 cm³/mol. The normalized spacial score (nSPS) is 17.2. The van der Waals surface area contributed by atoms with Crippen LogP contribution in [0, 0.1) is 0 Å². The number of hydrogen-bond donors (Lipinski definition) is 0. The summed E-state index contributed by atoms with van der Waals surface area (Å²) in [6, 6.07) is 13.8. The summed E-state index contributed by atoms with van der Waals surface area (Å²) < 4.78 is 5.74. The quantitative estimate of drug-likeness (QED) is 0.856. The van der Waals surface area contributed by atoms with Gasteiger partial charge in [0, 0.05) is 18.0 Å². The van der Waals surface area contributed by atoms with Crippen LogP contribution >= 0.6 is 11.3 Å². The van der Waals surface area contributed by atoms with Gasteiger partial charge in [-0.3, -0.25) is 4.79 Å². The van der Waals surface area contributed by atoms with Gasteiger partial charge in [-0.2, -0.15) is 0 Å². The van der Waals surface area contributed by atoms with E-state index in [1.807, 2.05) is 53.5 Å². The number of carbonyl (C=O) groups is 1. The fraction of sp³-hybridized carbons (Fsp3) is 0.389. The van der Waals surface area contributed by atoms with Crippen molar-refractivity contribution < 1.29 is 9.53 Å². The molecule has 1 atom stereocenters. The molecular formula is C18H21NO2S. The van der Waals surface area contributed by atoms with Gasteiger partial charge in [0.15, 0.2) is 6.10 Å². The summed E-state index contributed by atoms with van der Waals surface area (Å²) in [5.74, 6) is 1.44. The Balaban J connectivity index is 1.53. The Labute approximate surface area is 135 Å². The van der Waals surface area contributed by atoms with Crippen molar-refractivity contribution in [2.75, 3.05) is 13.1 Å². The van der Waals surface area contributed by atoms with E-state index >= 15 is 0 Å². The number of thiophene rings is 1. The largest absolute Gasteiger partial charge is 0.481 e. The van der Waals surface area contributed by atoms with Gasteiger partial charge in [0.05, 0.1) is 0 Å². The second-order valence-electron chi connectivity index (χ2n) is 5.69. The molecule has 0 bridgehead atoms. The van der Waals surface area contributed by atoms with Crippen LogP contribution in [0.2, 0.25) is 0 Å². The molecule has 2 heterocycles. The summed E-state index contributed by atoms with van der Waals surface area (Å²) in [4.78, 5) is 15.9. The van der Waals surface area contributed by atoms with Gasteiger partial charge in [0.25, 0.3) is 5.91 Å². The van der Waals surface area contributed by atoms with E-state index in [0.29, 0.717) is 5.92 Å². The fourth-order valence-corrected chi connectivity index (χ4v) is 3.82. The molecule has 3 nitrogen and oxygen atoms in total. The van der Waals surface area contributed by atoms with E-state index < -0.39 is 6.10 Å². The molecule has 0 spiro atoms. The first-order valence-corrected chi connectivity index (χ1v) is 8.66. The van der Waals surface area contributed by atoms with Crippen molar-refractivity contribution in [2.45, 2.75) is 31.8 Å². The fourth-order valence-electron chi connectivity index (χ4n) is 2.92. The van der Waals surface area contributed by atoms with E-state index in [1.165, 1.54) is 4.88 Å². The van der Waals surface area contributed by atoms with E-state index in [-0.39, 0.29) is 5.91 Å². The zero-order chi connectivity index (χ0) is 15.4. The Hall–Kier alpha value is -1.81. The maximum Gasteiger partial charge on any atom is 0.263 e. The standard InChI is InChI=1S/C18H21NO2S/c1-14(21-16-6-3-2-4-7-16)18(20)19-11-9-15(10-12-19)17-8-5-13-22-17/h2-8,13-15H,9-12H2,1H3. The van der Waals surface area contributed by atoms with Gasteiger partial charge >= 0.3 is 0 Å². The molecule has 3 rings (SSSR count). The molecule has 1 aromatic heterocycles. The van der Waals surface area contributed by atoms with Gasteiger partial charge in [-0.15, -0.1) is 11.3 Å². The number of amides is 1. The van der Waals surface area contributed by atoms with Crippen LogP contribution in [-0.4, -0.2) is 30.0 Å². The van der Waals surface area contributed by atoms with Crippen molar-refractivity contribution in [3.05, 3.63) is 52.7 Å². The lowest BCUT2D eigenvalue weighted by Gasteiger charge is -2.33. The average Bonchev–Trinajstić information content (AvgIpc) is 3.10. The van der Waals surface area contributed by atoms with E-state index in [0.717, 1.165) is 31.7 Å². The molecule has 0 N–H and O–H groups in total. The highest BCUT2D eigenvalue weighted by Gasteiger charge is 2.27. The van der Waals surface area contributed by atoms with Crippen molar-refractivity contribution in [3.8, 4) is 5.75 Å². The van der Waals surface area contributed by atoms with Crippen LogP contribution in [0.4, 0.5) is 0 Å². The SMILES string of the molecule is CC(Oc1ccccc1)C(=O)N1CCC(c2cccs2)CC1. The summed E-state index contributed by atoms with van der Waals surface area (Å²) in [6.45, 7) is 3.48. The molecule has 1 unspecified atom stereocenters. The minimum absolute atomic E-state index is 0.0912. The Kier molecular flexibility index (Phi) is 4.78.